The van der Waals surface area contributed by atoms with Gasteiger partial charge in [0.05, 0.1) is 13.7 Å². The Morgan fingerprint density at radius 3 is 2.66 bits per heavy atom. The molecule has 0 aliphatic heterocycles. The fourth-order valence-corrected chi connectivity index (χ4v) is 4.29. The van der Waals surface area contributed by atoms with Gasteiger partial charge in [-0.1, -0.05) is 6.07 Å². The predicted molar refractivity (Wildman–Crippen MR) is 124 cm³/mol. The molecule has 10 nitrogen and oxygen atoms in total. The van der Waals surface area contributed by atoms with E-state index in [9.17, 15) is 14.0 Å². The number of benzene rings is 1. The van der Waals surface area contributed by atoms with Gasteiger partial charge in [0.25, 0.3) is 5.91 Å². The molecule has 3 aromatic rings. The van der Waals surface area contributed by atoms with Gasteiger partial charge in [-0.3, -0.25) is 9.59 Å². The maximum absolute atomic E-state index is 13.6. The van der Waals surface area contributed by atoms with Crippen molar-refractivity contribution in [3.05, 3.63) is 47.2 Å². The zero-order chi connectivity index (χ0) is 24.9. The minimum absolute atomic E-state index is 0.109. The van der Waals surface area contributed by atoms with Crippen molar-refractivity contribution in [3.8, 4) is 17.3 Å². The number of aromatic nitrogens is 6. The number of aryl methyl sites for hydroxylation is 1. The topological polar surface area (TPSA) is 125 Å². The van der Waals surface area contributed by atoms with Gasteiger partial charge in [-0.05, 0) is 74.4 Å². The second kappa shape index (κ2) is 10.7. The second-order valence-corrected chi connectivity index (χ2v) is 8.83. The lowest BCUT2D eigenvalue weighted by atomic mass is 9.80. The number of rotatable bonds is 8. The summed E-state index contributed by atoms with van der Waals surface area (Å²) in [5.41, 5.74) is 1.25. The number of Topliss-reactive ketones (excluding diaryl/α,β-unsaturated/α-hetero) is 1. The molecule has 0 bridgehead atoms. The third-order valence-corrected chi connectivity index (χ3v) is 6.26. The van der Waals surface area contributed by atoms with Crippen LogP contribution in [0.4, 0.5) is 4.39 Å². The molecule has 0 atom stereocenters. The van der Waals surface area contributed by atoms with Crippen molar-refractivity contribution in [1.82, 2.24) is 35.5 Å². The van der Waals surface area contributed by atoms with Crippen molar-refractivity contribution in [2.75, 3.05) is 7.11 Å². The SMILES string of the molecule is COc1cc(CNC(=O)c2cc(-c3nnn(C[C@H]4CC[C@H](C(C)=O)CC4)n3)nc(C)n2)ccc1F. The van der Waals surface area contributed by atoms with E-state index in [4.69, 9.17) is 4.74 Å². The third-order valence-electron chi connectivity index (χ3n) is 6.26. The zero-order valence-electron chi connectivity index (χ0n) is 20.0. The fourth-order valence-electron chi connectivity index (χ4n) is 4.29. The van der Waals surface area contributed by atoms with Gasteiger partial charge in [-0.15, -0.1) is 10.2 Å². The number of methoxy groups -OCH3 is 1. The number of carbonyl (C=O) groups excluding carboxylic acids is 2. The lowest BCUT2D eigenvalue weighted by Gasteiger charge is -2.26. The summed E-state index contributed by atoms with van der Waals surface area (Å²) >= 11 is 0. The summed E-state index contributed by atoms with van der Waals surface area (Å²) in [4.78, 5) is 34.4. The molecule has 1 N–H and O–H groups in total. The van der Waals surface area contributed by atoms with Crippen LogP contribution < -0.4 is 10.1 Å². The lowest BCUT2D eigenvalue weighted by Crippen LogP contribution is -2.24. The van der Waals surface area contributed by atoms with Crippen LogP contribution in [-0.4, -0.2) is 49.0 Å². The highest BCUT2D eigenvalue weighted by molar-refractivity contribution is 5.93. The number of hydrogen-bond donors (Lipinski definition) is 1. The van der Waals surface area contributed by atoms with E-state index < -0.39 is 11.7 Å². The molecule has 184 valence electrons. The number of nitrogens with one attached hydrogen (secondary N) is 1. The molecule has 2 aromatic heterocycles. The molecule has 1 saturated carbocycles. The van der Waals surface area contributed by atoms with Gasteiger partial charge in [0, 0.05) is 12.5 Å². The van der Waals surface area contributed by atoms with E-state index in [1.807, 2.05) is 0 Å². The second-order valence-electron chi connectivity index (χ2n) is 8.83. The number of nitrogens with zero attached hydrogens (tertiary/aromatic N) is 6. The maximum Gasteiger partial charge on any atom is 0.270 e. The van der Waals surface area contributed by atoms with E-state index in [1.54, 1.807) is 24.7 Å². The molecule has 11 heteroatoms. The van der Waals surface area contributed by atoms with Crippen LogP contribution in [0.2, 0.25) is 0 Å². The Labute approximate surface area is 202 Å². The van der Waals surface area contributed by atoms with Crippen LogP contribution in [0.1, 0.15) is 54.5 Å². The molecule has 0 spiro atoms. The number of ether oxygens (including phenoxy) is 1. The van der Waals surface area contributed by atoms with E-state index in [2.05, 4.69) is 30.7 Å². The summed E-state index contributed by atoms with van der Waals surface area (Å²) in [6, 6.07) is 5.91. The largest absolute Gasteiger partial charge is 0.494 e. The average molecular weight is 482 g/mol. The molecular weight excluding hydrogens is 453 g/mol. The first kappa shape index (κ1) is 24.4. The van der Waals surface area contributed by atoms with Crippen molar-refractivity contribution >= 4 is 11.7 Å². The molecule has 1 amide bonds. The fraction of sp³-hybridized carbons (Fsp3) is 0.458. The zero-order valence-corrected chi connectivity index (χ0v) is 20.0. The first-order valence-corrected chi connectivity index (χ1v) is 11.6. The summed E-state index contributed by atoms with van der Waals surface area (Å²) < 4.78 is 18.6. The number of tetrazole rings is 1. The third kappa shape index (κ3) is 6.03. The van der Waals surface area contributed by atoms with E-state index in [-0.39, 0.29) is 29.7 Å². The Hall–Kier alpha value is -3.76. The van der Waals surface area contributed by atoms with Crippen LogP contribution in [-0.2, 0) is 17.9 Å². The van der Waals surface area contributed by atoms with E-state index in [1.165, 1.54) is 25.3 Å². The molecule has 2 heterocycles. The predicted octanol–water partition coefficient (Wildman–Crippen LogP) is 2.91. The summed E-state index contributed by atoms with van der Waals surface area (Å²) in [6.45, 7) is 4.14. The summed E-state index contributed by atoms with van der Waals surface area (Å²) in [6.07, 6.45) is 3.71. The van der Waals surface area contributed by atoms with Gasteiger partial charge in [0.2, 0.25) is 5.82 Å². The summed E-state index contributed by atoms with van der Waals surface area (Å²) in [5.74, 6) is 0.771. The molecule has 0 radical (unpaired) electrons. The first-order valence-electron chi connectivity index (χ1n) is 11.6. The Morgan fingerprint density at radius 1 is 1.17 bits per heavy atom. The monoisotopic (exact) mass is 481 g/mol. The van der Waals surface area contributed by atoms with E-state index in [0.717, 1.165) is 25.7 Å². The van der Waals surface area contributed by atoms with Crippen molar-refractivity contribution in [2.24, 2.45) is 11.8 Å². The molecule has 4 rings (SSSR count). The van der Waals surface area contributed by atoms with Gasteiger partial charge < -0.3 is 10.1 Å². The smallest absolute Gasteiger partial charge is 0.270 e. The molecule has 1 fully saturated rings. The normalized spacial score (nSPS) is 17.7. The van der Waals surface area contributed by atoms with Crippen LogP contribution in [0.25, 0.3) is 11.5 Å². The highest BCUT2D eigenvalue weighted by Crippen LogP contribution is 2.30. The van der Waals surface area contributed by atoms with Crippen molar-refractivity contribution in [3.63, 3.8) is 0 Å². The number of amides is 1. The summed E-state index contributed by atoms with van der Waals surface area (Å²) in [7, 11) is 1.38. The molecule has 1 aromatic carbocycles. The Balaban J connectivity index is 1.40. The molecule has 0 unspecified atom stereocenters. The highest BCUT2D eigenvalue weighted by Gasteiger charge is 2.25. The minimum atomic E-state index is -0.470. The van der Waals surface area contributed by atoms with Crippen LogP contribution in [0.5, 0.6) is 5.75 Å². The van der Waals surface area contributed by atoms with Crippen molar-refractivity contribution < 1.29 is 18.7 Å². The molecule has 1 aliphatic rings. The maximum atomic E-state index is 13.6. The number of hydrogen-bond acceptors (Lipinski definition) is 8. The van der Waals surface area contributed by atoms with Crippen LogP contribution in [0.3, 0.4) is 0 Å². The highest BCUT2D eigenvalue weighted by atomic mass is 19.1. The van der Waals surface area contributed by atoms with Crippen LogP contribution in [0.15, 0.2) is 24.3 Å². The Bertz CT molecular complexity index is 1220. The van der Waals surface area contributed by atoms with Crippen LogP contribution >= 0.6 is 0 Å². The molecular formula is C24H28FN7O3. The lowest BCUT2D eigenvalue weighted by molar-refractivity contribution is -0.121. The van der Waals surface area contributed by atoms with Crippen molar-refractivity contribution in [1.29, 1.82) is 0 Å². The molecule has 1 aliphatic carbocycles. The number of ketones is 1. The standard InChI is InChI=1S/C24H28FN7O3/c1-14(33)18-7-4-16(5-8-18)13-32-30-23(29-31-32)20-11-21(28-15(2)27-20)24(34)26-12-17-6-9-19(25)22(10-17)35-3/h6,9-11,16,18H,4-5,7-8,12-13H2,1-3H3,(H,26,34)/t16-,18-. The first-order chi connectivity index (χ1) is 16.8. The number of halogens is 1. The average Bonchev–Trinajstić information content (AvgIpc) is 3.31. The number of carbonyl (C=O) groups is 2. The van der Waals surface area contributed by atoms with E-state index in [0.29, 0.717) is 35.4 Å². The van der Waals surface area contributed by atoms with Crippen molar-refractivity contribution in [2.45, 2.75) is 52.6 Å². The molecule has 35 heavy (non-hydrogen) atoms. The van der Waals surface area contributed by atoms with E-state index >= 15 is 0 Å². The van der Waals surface area contributed by atoms with Gasteiger partial charge in [0.1, 0.15) is 23.0 Å². The minimum Gasteiger partial charge on any atom is -0.494 e. The molecule has 0 saturated heterocycles. The van der Waals surface area contributed by atoms with Gasteiger partial charge in [-0.25, -0.2) is 14.4 Å². The quantitative estimate of drug-likeness (QED) is 0.521. The Kier molecular flexibility index (Phi) is 7.42. The van der Waals surface area contributed by atoms with Gasteiger partial charge >= 0.3 is 0 Å². The van der Waals surface area contributed by atoms with Crippen LogP contribution in [0, 0.1) is 24.6 Å². The summed E-state index contributed by atoms with van der Waals surface area (Å²) in [5, 5.41) is 15.5. The van der Waals surface area contributed by atoms with Gasteiger partial charge in [-0.2, -0.15) is 4.80 Å². The van der Waals surface area contributed by atoms with Gasteiger partial charge in [0.15, 0.2) is 11.6 Å². The Morgan fingerprint density at radius 2 is 1.94 bits per heavy atom.